The van der Waals surface area contributed by atoms with E-state index in [1.54, 1.807) is 24.5 Å². The van der Waals surface area contributed by atoms with Crippen molar-refractivity contribution in [3.05, 3.63) is 30.1 Å². The monoisotopic (exact) mass is 204 g/mol. The van der Waals surface area contributed by atoms with E-state index in [-0.39, 0.29) is 5.78 Å². The second kappa shape index (κ2) is 6.06. The van der Waals surface area contributed by atoms with Gasteiger partial charge in [0.2, 0.25) is 0 Å². The van der Waals surface area contributed by atoms with E-state index in [0.717, 1.165) is 6.54 Å². The van der Waals surface area contributed by atoms with Crippen molar-refractivity contribution < 1.29 is 4.79 Å². The molecule has 0 N–H and O–H groups in total. The number of hydrogen-bond acceptors (Lipinski definition) is 3. The van der Waals surface area contributed by atoms with Crippen LogP contribution in [-0.4, -0.2) is 23.5 Å². The van der Waals surface area contributed by atoms with Crippen LogP contribution in [0.25, 0.3) is 0 Å². The van der Waals surface area contributed by atoms with Crippen LogP contribution < -0.4 is 0 Å². The van der Waals surface area contributed by atoms with Crippen LogP contribution in [0.5, 0.6) is 0 Å². The van der Waals surface area contributed by atoms with Crippen LogP contribution in [0, 0.1) is 5.92 Å². The summed E-state index contributed by atoms with van der Waals surface area (Å²) in [6, 6.07) is 5.33. The summed E-state index contributed by atoms with van der Waals surface area (Å²) in [5.41, 5.74) is 0.508. The number of pyridine rings is 1. The predicted molar refractivity (Wildman–Crippen MR) is 61.4 cm³/mol. The van der Waals surface area contributed by atoms with Crippen molar-refractivity contribution in [1.29, 1.82) is 0 Å². The molecule has 0 amide bonds. The number of aliphatic imine (C=N–C) groups is 1. The van der Waals surface area contributed by atoms with Gasteiger partial charge in [-0.15, -0.1) is 0 Å². The van der Waals surface area contributed by atoms with Gasteiger partial charge in [-0.1, -0.05) is 19.9 Å². The van der Waals surface area contributed by atoms with E-state index in [9.17, 15) is 4.79 Å². The molecule has 0 aliphatic rings. The van der Waals surface area contributed by atoms with Gasteiger partial charge in [0, 0.05) is 25.4 Å². The molecule has 0 spiro atoms. The highest BCUT2D eigenvalue weighted by Crippen LogP contribution is 1.98. The standard InChI is InChI=1S/C12H16N2O/c1-10(2)9-13-8-6-12(15)11-5-3-4-7-14-11/h3-5,7-8,10H,6,9H2,1-2H3. The first-order valence-corrected chi connectivity index (χ1v) is 5.12. The van der Waals surface area contributed by atoms with Crippen LogP contribution in [0.1, 0.15) is 30.8 Å². The topological polar surface area (TPSA) is 42.3 Å². The zero-order valence-electron chi connectivity index (χ0n) is 9.18. The Morgan fingerprint density at radius 3 is 2.93 bits per heavy atom. The van der Waals surface area contributed by atoms with Crippen molar-refractivity contribution in [2.75, 3.05) is 6.54 Å². The largest absolute Gasteiger partial charge is 0.297 e. The quantitative estimate of drug-likeness (QED) is 0.546. The van der Waals surface area contributed by atoms with Crippen LogP contribution in [0.15, 0.2) is 29.4 Å². The van der Waals surface area contributed by atoms with Gasteiger partial charge in [-0.05, 0) is 18.1 Å². The Labute approximate surface area is 90.3 Å². The van der Waals surface area contributed by atoms with Crippen LogP contribution in [0.2, 0.25) is 0 Å². The van der Waals surface area contributed by atoms with Crippen molar-refractivity contribution in [2.24, 2.45) is 10.9 Å². The first kappa shape index (κ1) is 11.6. The fourth-order valence-corrected chi connectivity index (χ4v) is 1.07. The number of carbonyl (C=O) groups excluding carboxylic acids is 1. The minimum absolute atomic E-state index is 0.0168. The van der Waals surface area contributed by atoms with Gasteiger partial charge in [0.05, 0.1) is 0 Å². The molecule has 1 rings (SSSR count). The molecule has 1 aromatic heterocycles. The van der Waals surface area contributed by atoms with E-state index in [4.69, 9.17) is 0 Å². The molecule has 0 saturated carbocycles. The zero-order valence-corrected chi connectivity index (χ0v) is 9.18. The van der Waals surface area contributed by atoms with Gasteiger partial charge in [0.25, 0.3) is 0 Å². The number of Topliss-reactive ketones (excluding diaryl/α,β-unsaturated/α-hetero) is 1. The van der Waals surface area contributed by atoms with E-state index in [1.807, 2.05) is 6.07 Å². The molecular weight excluding hydrogens is 188 g/mol. The molecule has 0 fully saturated rings. The third-order valence-corrected chi connectivity index (χ3v) is 1.83. The molecule has 1 heterocycles. The minimum atomic E-state index is 0.0168. The lowest BCUT2D eigenvalue weighted by atomic mass is 10.2. The summed E-state index contributed by atoms with van der Waals surface area (Å²) < 4.78 is 0. The summed E-state index contributed by atoms with van der Waals surface area (Å²) in [6.45, 7) is 4.96. The second-order valence-electron chi connectivity index (χ2n) is 3.78. The number of ketones is 1. The van der Waals surface area contributed by atoms with E-state index in [1.165, 1.54) is 0 Å². The molecule has 0 aromatic carbocycles. The van der Waals surface area contributed by atoms with E-state index >= 15 is 0 Å². The fourth-order valence-electron chi connectivity index (χ4n) is 1.07. The van der Waals surface area contributed by atoms with Crippen molar-refractivity contribution in [1.82, 2.24) is 4.98 Å². The van der Waals surface area contributed by atoms with Crippen LogP contribution in [0.4, 0.5) is 0 Å². The maximum Gasteiger partial charge on any atom is 0.186 e. The third-order valence-electron chi connectivity index (χ3n) is 1.83. The lowest BCUT2D eigenvalue weighted by molar-refractivity contribution is 0.0997. The highest BCUT2D eigenvalue weighted by Gasteiger charge is 2.03. The molecule has 1 aromatic rings. The van der Waals surface area contributed by atoms with E-state index in [0.29, 0.717) is 18.0 Å². The first-order valence-electron chi connectivity index (χ1n) is 5.12. The molecule has 3 heteroatoms. The molecule has 80 valence electrons. The average Bonchev–Trinajstić information content (AvgIpc) is 2.25. The van der Waals surface area contributed by atoms with Crippen LogP contribution >= 0.6 is 0 Å². The van der Waals surface area contributed by atoms with Gasteiger partial charge in [-0.25, -0.2) is 0 Å². The zero-order chi connectivity index (χ0) is 11.1. The number of carbonyl (C=O) groups is 1. The van der Waals surface area contributed by atoms with Gasteiger partial charge in [-0.3, -0.25) is 14.8 Å². The lowest BCUT2D eigenvalue weighted by Crippen LogP contribution is -2.02. The van der Waals surface area contributed by atoms with Crippen LogP contribution in [-0.2, 0) is 0 Å². The van der Waals surface area contributed by atoms with Gasteiger partial charge in [0.15, 0.2) is 5.78 Å². The van der Waals surface area contributed by atoms with Gasteiger partial charge >= 0.3 is 0 Å². The van der Waals surface area contributed by atoms with E-state index in [2.05, 4.69) is 23.8 Å². The van der Waals surface area contributed by atoms with E-state index < -0.39 is 0 Å². The Morgan fingerprint density at radius 1 is 1.53 bits per heavy atom. The molecule has 0 atom stereocenters. The molecule has 3 nitrogen and oxygen atoms in total. The third kappa shape index (κ3) is 4.49. The molecule has 0 bridgehead atoms. The highest BCUT2D eigenvalue weighted by atomic mass is 16.1. The number of rotatable bonds is 5. The van der Waals surface area contributed by atoms with Gasteiger partial charge in [-0.2, -0.15) is 0 Å². The summed E-state index contributed by atoms with van der Waals surface area (Å²) in [7, 11) is 0. The predicted octanol–water partition coefficient (Wildman–Crippen LogP) is 2.38. The molecule has 0 saturated heterocycles. The molecule has 0 aliphatic heterocycles. The number of hydrogen-bond donors (Lipinski definition) is 0. The van der Waals surface area contributed by atoms with Crippen molar-refractivity contribution >= 4 is 12.0 Å². The van der Waals surface area contributed by atoms with Gasteiger partial charge in [0.1, 0.15) is 5.69 Å². The summed E-state index contributed by atoms with van der Waals surface area (Å²) >= 11 is 0. The Hall–Kier alpha value is -1.51. The highest BCUT2D eigenvalue weighted by molar-refractivity contribution is 6.02. The van der Waals surface area contributed by atoms with Crippen molar-refractivity contribution in [3.63, 3.8) is 0 Å². The molecular formula is C12H16N2O. The summed E-state index contributed by atoms with van der Waals surface area (Å²) in [4.78, 5) is 19.7. The normalized spacial score (nSPS) is 11.1. The van der Waals surface area contributed by atoms with Crippen molar-refractivity contribution in [2.45, 2.75) is 20.3 Å². The molecule has 0 unspecified atom stereocenters. The van der Waals surface area contributed by atoms with Gasteiger partial charge < -0.3 is 0 Å². The Kier molecular flexibility index (Phi) is 4.68. The average molecular weight is 204 g/mol. The maximum absolute atomic E-state index is 11.5. The Balaban J connectivity index is 2.40. The number of aromatic nitrogens is 1. The Bertz CT molecular complexity index is 331. The number of nitrogens with zero attached hydrogens (tertiary/aromatic N) is 2. The smallest absolute Gasteiger partial charge is 0.186 e. The van der Waals surface area contributed by atoms with Crippen LogP contribution in [0.3, 0.4) is 0 Å². The minimum Gasteiger partial charge on any atom is -0.297 e. The summed E-state index contributed by atoms with van der Waals surface area (Å²) in [6.07, 6.45) is 3.64. The SMILES string of the molecule is CC(C)CN=CCC(=O)c1ccccn1. The maximum atomic E-state index is 11.5. The Morgan fingerprint density at radius 2 is 2.33 bits per heavy atom. The molecule has 0 aliphatic carbocycles. The molecule has 15 heavy (non-hydrogen) atoms. The van der Waals surface area contributed by atoms with Crippen molar-refractivity contribution in [3.8, 4) is 0 Å². The second-order valence-corrected chi connectivity index (χ2v) is 3.78. The lowest BCUT2D eigenvalue weighted by Gasteiger charge is -1.97. The molecule has 0 radical (unpaired) electrons. The summed E-state index contributed by atoms with van der Waals surface area (Å²) in [5.74, 6) is 0.550. The summed E-state index contributed by atoms with van der Waals surface area (Å²) in [5, 5.41) is 0. The fraction of sp³-hybridized carbons (Fsp3) is 0.417. The first-order chi connectivity index (χ1) is 7.20.